The predicted octanol–water partition coefficient (Wildman–Crippen LogP) is 4.62. The van der Waals surface area contributed by atoms with Crippen LogP contribution in [-0.4, -0.2) is 39.0 Å². The monoisotopic (exact) mass is 396 g/mol. The number of rotatable bonds is 8. The third-order valence-electron chi connectivity index (χ3n) is 5.14. The molecule has 0 radical (unpaired) electrons. The molecule has 2 heterocycles. The third-order valence-corrected chi connectivity index (χ3v) is 5.14. The lowest BCUT2D eigenvalue weighted by Gasteiger charge is -2.32. The molecule has 0 bridgehead atoms. The topological polar surface area (TPSA) is 36.9 Å². The highest BCUT2D eigenvalue weighted by Gasteiger charge is 2.25. The van der Waals surface area contributed by atoms with Crippen molar-refractivity contribution >= 4 is 0 Å². The molecule has 0 atom stereocenters. The first-order valence-corrected chi connectivity index (χ1v) is 10.2. The summed E-state index contributed by atoms with van der Waals surface area (Å²) in [6, 6.07) is 3.98. The van der Waals surface area contributed by atoms with Gasteiger partial charge >= 0.3 is 0 Å². The zero-order valence-corrected chi connectivity index (χ0v) is 16.4. The molecular weight excluding hydrogens is 366 g/mol. The van der Waals surface area contributed by atoms with E-state index in [1.54, 1.807) is 6.07 Å². The molecule has 0 aliphatic carbocycles. The second kappa shape index (κ2) is 11.0. The minimum atomic E-state index is -0.823. The van der Waals surface area contributed by atoms with Crippen molar-refractivity contribution in [3.05, 3.63) is 47.5 Å². The SMILES string of the molecule is CC/C=C/C1COC(CC[C@H]2CO[C@H](CCc3ccc(F)c(F)c3)OC2)OC1. The first kappa shape index (κ1) is 21.4. The van der Waals surface area contributed by atoms with E-state index in [-0.39, 0.29) is 12.6 Å². The Morgan fingerprint density at radius 3 is 2.25 bits per heavy atom. The van der Waals surface area contributed by atoms with Crippen LogP contribution >= 0.6 is 0 Å². The summed E-state index contributed by atoms with van der Waals surface area (Å²) in [4.78, 5) is 0. The van der Waals surface area contributed by atoms with E-state index in [1.807, 2.05) is 0 Å². The fraction of sp³-hybridized carbons (Fsp3) is 0.636. The summed E-state index contributed by atoms with van der Waals surface area (Å²) in [5.74, 6) is -0.962. The van der Waals surface area contributed by atoms with Gasteiger partial charge in [0.2, 0.25) is 0 Å². The number of hydrogen-bond donors (Lipinski definition) is 0. The zero-order valence-electron chi connectivity index (χ0n) is 16.4. The molecule has 0 N–H and O–H groups in total. The Morgan fingerprint density at radius 1 is 0.893 bits per heavy atom. The van der Waals surface area contributed by atoms with Crippen molar-refractivity contribution in [3.8, 4) is 0 Å². The highest BCUT2D eigenvalue weighted by molar-refractivity contribution is 5.17. The average molecular weight is 396 g/mol. The van der Waals surface area contributed by atoms with E-state index >= 15 is 0 Å². The molecule has 0 amide bonds. The molecule has 2 fully saturated rings. The van der Waals surface area contributed by atoms with E-state index in [4.69, 9.17) is 18.9 Å². The highest BCUT2D eigenvalue weighted by atomic mass is 19.2. The largest absolute Gasteiger partial charge is 0.352 e. The van der Waals surface area contributed by atoms with Crippen molar-refractivity contribution in [2.45, 2.75) is 51.6 Å². The van der Waals surface area contributed by atoms with Crippen molar-refractivity contribution in [1.82, 2.24) is 0 Å². The van der Waals surface area contributed by atoms with Crippen LogP contribution < -0.4 is 0 Å². The van der Waals surface area contributed by atoms with Gasteiger partial charge in [0.05, 0.1) is 26.4 Å². The van der Waals surface area contributed by atoms with Crippen molar-refractivity contribution < 1.29 is 27.7 Å². The minimum absolute atomic E-state index is 0.141. The van der Waals surface area contributed by atoms with E-state index < -0.39 is 11.6 Å². The summed E-state index contributed by atoms with van der Waals surface area (Å²) in [7, 11) is 0. The summed E-state index contributed by atoms with van der Waals surface area (Å²) in [6.45, 7) is 4.81. The van der Waals surface area contributed by atoms with Crippen LogP contribution in [0.5, 0.6) is 0 Å². The van der Waals surface area contributed by atoms with E-state index in [2.05, 4.69) is 19.1 Å². The van der Waals surface area contributed by atoms with E-state index in [9.17, 15) is 8.78 Å². The van der Waals surface area contributed by atoms with Crippen LogP contribution in [0, 0.1) is 23.5 Å². The molecule has 0 saturated carbocycles. The molecule has 4 nitrogen and oxygen atoms in total. The molecule has 1 aromatic carbocycles. The lowest BCUT2D eigenvalue weighted by atomic mass is 10.0. The van der Waals surface area contributed by atoms with Gasteiger partial charge in [-0.3, -0.25) is 0 Å². The van der Waals surface area contributed by atoms with Crippen LogP contribution in [0.25, 0.3) is 0 Å². The van der Waals surface area contributed by atoms with Crippen molar-refractivity contribution in [2.75, 3.05) is 26.4 Å². The third kappa shape index (κ3) is 6.62. The normalized spacial score (nSPS) is 28.7. The Morgan fingerprint density at radius 2 is 1.57 bits per heavy atom. The lowest BCUT2D eigenvalue weighted by molar-refractivity contribution is -0.215. The summed E-state index contributed by atoms with van der Waals surface area (Å²) in [6.07, 6.45) is 7.88. The Labute approximate surface area is 165 Å². The van der Waals surface area contributed by atoms with Crippen molar-refractivity contribution in [3.63, 3.8) is 0 Å². The van der Waals surface area contributed by atoms with E-state index in [0.29, 0.717) is 51.1 Å². The number of hydrogen-bond acceptors (Lipinski definition) is 4. The number of allylic oxidation sites excluding steroid dienone is 1. The van der Waals surface area contributed by atoms with Gasteiger partial charge in [0.25, 0.3) is 0 Å². The van der Waals surface area contributed by atoms with Gasteiger partial charge < -0.3 is 18.9 Å². The summed E-state index contributed by atoms with van der Waals surface area (Å²) >= 11 is 0. The van der Waals surface area contributed by atoms with Gasteiger partial charge in [-0.15, -0.1) is 0 Å². The Hall–Kier alpha value is -1.34. The van der Waals surface area contributed by atoms with Crippen LogP contribution in [0.2, 0.25) is 0 Å². The fourth-order valence-corrected chi connectivity index (χ4v) is 3.43. The highest BCUT2D eigenvalue weighted by Crippen LogP contribution is 2.23. The molecule has 2 saturated heterocycles. The Balaban J connectivity index is 1.29. The maximum atomic E-state index is 13.2. The van der Waals surface area contributed by atoms with Gasteiger partial charge in [-0.25, -0.2) is 8.78 Å². The van der Waals surface area contributed by atoms with Crippen molar-refractivity contribution in [1.29, 1.82) is 0 Å². The van der Waals surface area contributed by atoms with Gasteiger partial charge in [-0.2, -0.15) is 0 Å². The summed E-state index contributed by atoms with van der Waals surface area (Å²) in [5, 5.41) is 0. The number of benzene rings is 1. The molecule has 1 aromatic rings. The molecule has 0 unspecified atom stereocenters. The molecule has 3 rings (SSSR count). The molecule has 0 aromatic heterocycles. The predicted molar refractivity (Wildman–Crippen MR) is 102 cm³/mol. The minimum Gasteiger partial charge on any atom is -0.352 e. The first-order chi connectivity index (χ1) is 13.6. The smallest absolute Gasteiger partial charge is 0.159 e. The second-order valence-corrected chi connectivity index (χ2v) is 7.52. The maximum absolute atomic E-state index is 13.2. The van der Waals surface area contributed by atoms with Crippen LogP contribution in [0.15, 0.2) is 30.4 Å². The molecule has 2 aliphatic heterocycles. The van der Waals surface area contributed by atoms with E-state index in [0.717, 1.165) is 30.9 Å². The standard InChI is InChI=1S/C22H30F2O4/c1-2-3-4-17-12-25-22(26-13-17)10-7-18-14-27-21(28-15-18)9-6-16-5-8-19(23)20(24)11-16/h3-5,8,11,17-18,21-22H,2,6-7,9-10,12-15H2,1H3/b4-3+/t17?,18-,21-,22?. The first-order valence-electron chi connectivity index (χ1n) is 10.2. The fourth-order valence-electron chi connectivity index (χ4n) is 3.43. The zero-order chi connectivity index (χ0) is 19.8. The van der Waals surface area contributed by atoms with Crippen molar-refractivity contribution in [2.24, 2.45) is 11.8 Å². The van der Waals surface area contributed by atoms with Gasteiger partial charge in [0.15, 0.2) is 24.2 Å². The number of aryl methyl sites for hydroxylation is 1. The molecule has 28 heavy (non-hydrogen) atoms. The second-order valence-electron chi connectivity index (χ2n) is 7.52. The summed E-state index contributed by atoms with van der Waals surface area (Å²) < 4.78 is 49.4. The molecular formula is C22H30F2O4. The van der Waals surface area contributed by atoms with E-state index in [1.165, 1.54) is 6.07 Å². The summed E-state index contributed by atoms with van der Waals surface area (Å²) in [5.41, 5.74) is 0.743. The van der Waals surface area contributed by atoms with Gasteiger partial charge in [0, 0.05) is 18.3 Å². The Kier molecular flexibility index (Phi) is 8.40. The number of ether oxygens (including phenoxy) is 4. The van der Waals surface area contributed by atoms with Crippen LogP contribution in [0.1, 0.15) is 38.2 Å². The molecule has 0 spiro atoms. The number of halogens is 2. The van der Waals surface area contributed by atoms with Gasteiger partial charge in [0.1, 0.15) is 0 Å². The Bertz CT molecular complexity index is 621. The quantitative estimate of drug-likeness (QED) is 0.601. The molecule has 156 valence electrons. The van der Waals surface area contributed by atoms with Gasteiger partial charge in [-0.05, 0) is 43.4 Å². The van der Waals surface area contributed by atoms with Crippen LogP contribution in [0.4, 0.5) is 8.78 Å². The average Bonchev–Trinajstić information content (AvgIpc) is 2.73. The van der Waals surface area contributed by atoms with Crippen LogP contribution in [0.3, 0.4) is 0 Å². The van der Waals surface area contributed by atoms with Gasteiger partial charge in [-0.1, -0.05) is 25.1 Å². The lowest BCUT2D eigenvalue weighted by Crippen LogP contribution is -2.35. The van der Waals surface area contributed by atoms with Crippen LogP contribution in [-0.2, 0) is 25.4 Å². The maximum Gasteiger partial charge on any atom is 0.159 e. The molecule has 6 heteroatoms. The molecule has 2 aliphatic rings.